The highest BCUT2D eigenvalue weighted by atomic mass is 32.2. The van der Waals surface area contributed by atoms with Crippen LogP contribution in [0.25, 0.3) is 33.4 Å². The van der Waals surface area contributed by atoms with Gasteiger partial charge in [-0.1, -0.05) is 37.8 Å². The molecule has 52 heavy (non-hydrogen) atoms. The van der Waals surface area contributed by atoms with Crippen LogP contribution in [-0.4, -0.2) is 72.7 Å². The van der Waals surface area contributed by atoms with Crippen molar-refractivity contribution in [3.63, 3.8) is 0 Å². The number of aromatic nitrogens is 6. The molecular formula is C34H40N8O7S2Si. The van der Waals surface area contributed by atoms with E-state index in [4.69, 9.17) is 14.0 Å². The Morgan fingerprint density at radius 1 is 0.962 bits per heavy atom. The lowest BCUT2D eigenvalue weighted by atomic mass is 10.0. The molecule has 0 radical (unpaired) electrons. The normalized spacial score (nSPS) is 13.0. The van der Waals surface area contributed by atoms with E-state index in [9.17, 15) is 21.6 Å². The molecule has 6 aromatic rings. The summed E-state index contributed by atoms with van der Waals surface area (Å²) in [5.41, 5.74) is 2.32. The summed E-state index contributed by atoms with van der Waals surface area (Å²) in [6.45, 7) is 9.34. The molecule has 2 N–H and O–H groups in total. The summed E-state index contributed by atoms with van der Waals surface area (Å²) in [7, 11) is -9.09. The van der Waals surface area contributed by atoms with E-state index in [1.165, 1.54) is 23.0 Å². The molecule has 0 aliphatic rings. The summed E-state index contributed by atoms with van der Waals surface area (Å²) >= 11 is 0. The minimum absolute atomic E-state index is 0.0850. The van der Waals surface area contributed by atoms with E-state index in [1.54, 1.807) is 35.2 Å². The minimum Gasteiger partial charge on any atom is -0.383 e. The molecule has 18 heteroatoms. The Hall–Kier alpha value is -5.04. The SMILES string of the molecule is C[C@H](Nc1ncnc2c1c(-c1cc(NS(C)(=O)=O)cc(OS(C)(=O)=O)c1)cn2COCC[Si](C)(C)C)c1nn2cccc2c(=O)n1-c1ccccc1. The molecule has 0 spiro atoms. The Morgan fingerprint density at radius 3 is 2.40 bits per heavy atom. The zero-order valence-electron chi connectivity index (χ0n) is 29.6. The molecule has 0 amide bonds. The van der Waals surface area contributed by atoms with Crippen LogP contribution in [0.4, 0.5) is 11.5 Å². The Bertz CT molecular complexity index is 2490. The lowest BCUT2D eigenvalue weighted by Gasteiger charge is -2.20. The van der Waals surface area contributed by atoms with Gasteiger partial charge >= 0.3 is 10.1 Å². The van der Waals surface area contributed by atoms with Crippen LogP contribution in [0.5, 0.6) is 5.75 Å². The first kappa shape index (κ1) is 36.7. The Balaban J connectivity index is 1.51. The van der Waals surface area contributed by atoms with Gasteiger partial charge in [0, 0.05) is 38.7 Å². The van der Waals surface area contributed by atoms with Gasteiger partial charge in [-0.25, -0.2) is 22.9 Å². The van der Waals surface area contributed by atoms with Crippen molar-refractivity contribution in [2.45, 2.75) is 45.4 Å². The molecule has 274 valence electrons. The fourth-order valence-electron chi connectivity index (χ4n) is 5.72. The molecule has 2 aromatic carbocycles. The average molecular weight is 765 g/mol. The van der Waals surface area contributed by atoms with E-state index < -0.39 is 34.3 Å². The number of benzene rings is 2. The second kappa shape index (κ2) is 14.2. The minimum atomic E-state index is -3.97. The summed E-state index contributed by atoms with van der Waals surface area (Å²) in [5, 5.41) is 8.77. The van der Waals surface area contributed by atoms with Crippen LogP contribution in [-0.2, 0) is 31.6 Å². The number of fused-ring (bicyclic) bond motifs is 2. The molecule has 0 unspecified atom stereocenters. The van der Waals surface area contributed by atoms with E-state index >= 15 is 0 Å². The maximum Gasteiger partial charge on any atom is 0.306 e. The molecule has 0 aliphatic carbocycles. The molecule has 6 rings (SSSR count). The van der Waals surface area contributed by atoms with E-state index in [0.717, 1.165) is 18.6 Å². The van der Waals surface area contributed by atoms with E-state index in [-0.39, 0.29) is 23.7 Å². The number of nitrogens with zero attached hydrogens (tertiary/aromatic N) is 6. The molecule has 15 nitrogen and oxygen atoms in total. The highest BCUT2D eigenvalue weighted by Gasteiger charge is 2.24. The molecule has 0 aliphatic heterocycles. The summed E-state index contributed by atoms with van der Waals surface area (Å²) < 4.78 is 67.5. The number of hydrogen-bond acceptors (Lipinski definition) is 11. The van der Waals surface area contributed by atoms with E-state index in [2.05, 4.69) is 39.6 Å². The lowest BCUT2D eigenvalue weighted by Crippen LogP contribution is -2.29. The van der Waals surface area contributed by atoms with Crippen LogP contribution in [0, 0.1) is 0 Å². The van der Waals surface area contributed by atoms with Gasteiger partial charge in [0.05, 0.1) is 35.3 Å². The summed E-state index contributed by atoms with van der Waals surface area (Å²) in [5.74, 6) is 0.682. The fraction of sp³-hybridized carbons (Fsp3) is 0.294. The Kier molecular flexibility index (Phi) is 10.0. The number of nitrogens with one attached hydrogen (secondary N) is 2. The predicted octanol–water partition coefficient (Wildman–Crippen LogP) is 5.09. The highest BCUT2D eigenvalue weighted by molar-refractivity contribution is 7.92. The van der Waals surface area contributed by atoms with Crippen molar-refractivity contribution in [2.24, 2.45) is 0 Å². The summed E-state index contributed by atoms with van der Waals surface area (Å²) in [6, 6.07) is 17.4. The predicted molar refractivity (Wildman–Crippen MR) is 204 cm³/mol. The molecule has 0 fully saturated rings. The van der Waals surface area contributed by atoms with Crippen molar-refractivity contribution in [3.05, 3.63) is 95.6 Å². The zero-order valence-corrected chi connectivity index (χ0v) is 32.2. The molecular weight excluding hydrogens is 725 g/mol. The number of sulfonamides is 1. The van der Waals surface area contributed by atoms with Crippen molar-refractivity contribution < 1.29 is 25.8 Å². The van der Waals surface area contributed by atoms with Crippen molar-refractivity contribution >= 4 is 56.3 Å². The van der Waals surface area contributed by atoms with Gasteiger partial charge < -0.3 is 18.8 Å². The molecule has 0 saturated carbocycles. The van der Waals surface area contributed by atoms with Crippen LogP contribution in [0.2, 0.25) is 25.7 Å². The summed E-state index contributed by atoms with van der Waals surface area (Å²) in [4.78, 5) is 23.0. The van der Waals surface area contributed by atoms with Crippen LogP contribution >= 0.6 is 0 Å². The Labute approximate surface area is 302 Å². The molecule has 0 bridgehead atoms. The first-order valence-corrected chi connectivity index (χ1v) is 23.7. The van der Waals surface area contributed by atoms with Gasteiger partial charge in [0.2, 0.25) is 10.0 Å². The third kappa shape index (κ3) is 8.52. The van der Waals surface area contributed by atoms with Crippen LogP contribution in [0.15, 0.2) is 84.2 Å². The van der Waals surface area contributed by atoms with Crippen molar-refractivity contribution in [1.82, 2.24) is 28.7 Å². The number of para-hydroxylation sites is 1. The van der Waals surface area contributed by atoms with Gasteiger partial charge in [0.25, 0.3) is 5.56 Å². The number of rotatable bonds is 14. The third-order valence-electron chi connectivity index (χ3n) is 7.99. The quantitative estimate of drug-likeness (QED) is 0.0857. The molecule has 4 aromatic heterocycles. The number of anilines is 2. The maximum atomic E-state index is 13.8. The fourth-order valence-corrected chi connectivity index (χ4v) is 7.47. The number of hydrogen-bond donors (Lipinski definition) is 2. The van der Waals surface area contributed by atoms with E-state index in [1.807, 2.05) is 41.8 Å². The largest absolute Gasteiger partial charge is 0.383 e. The smallest absolute Gasteiger partial charge is 0.306 e. The van der Waals surface area contributed by atoms with Gasteiger partial charge in [-0.2, -0.15) is 13.5 Å². The highest BCUT2D eigenvalue weighted by Crippen LogP contribution is 2.38. The van der Waals surface area contributed by atoms with Crippen LogP contribution in [0.3, 0.4) is 0 Å². The first-order chi connectivity index (χ1) is 24.5. The van der Waals surface area contributed by atoms with Gasteiger partial charge in [0.1, 0.15) is 35.8 Å². The maximum absolute atomic E-state index is 13.8. The van der Waals surface area contributed by atoms with E-state index in [0.29, 0.717) is 51.6 Å². The second-order valence-corrected chi connectivity index (χ2v) is 22.7. The van der Waals surface area contributed by atoms with Gasteiger partial charge in [0.15, 0.2) is 5.82 Å². The second-order valence-electron chi connectivity index (χ2n) is 13.7. The lowest BCUT2D eigenvalue weighted by molar-refractivity contribution is 0.0899. The van der Waals surface area contributed by atoms with Gasteiger partial charge in [-0.3, -0.25) is 14.1 Å². The van der Waals surface area contributed by atoms with Crippen LogP contribution in [0.1, 0.15) is 18.8 Å². The molecule has 4 heterocycles. The van der Waals surface area contributed by atoms with Crippen molar-refractivity contribution in [3.8, 4) is 22.6 Å². The van der Waals surface area contributed by atoms with Gasteiger partial charge in [-0.05, 0) is 54.9 Å². The third-order valence-corrected chi connectivity index (χ3v) is 10.8. The van der Waals surface area contributed by atoms with Crippen molar-refractivity contribution in [1.29, 1.82) is 0 Å². The summed E-state index contributed by atoms with van der Waals surface area (Å²) in [6.07, 6.45) is 6.80. The van der Waals surface area contributed by atoms with Crippen molar-refractivity contribution in [2.75, 3.05) is 29.2 Å². The number of ether oxygens (including phenoxy) is 1. The van der Waals surface area contributed by atoms with Gasteiger partial charge in [-0.15, -0.1) is 0 Å². The molecule has 0 saturated heterocycles. The monoisotopic (exact) mass is 764 g/mol. The molecule has 1 atom stereocenters. The zero-order chi connectivity index (χ0) is 37.4. The standard InChI is InChI=1S/C34H40N8O7S2Si/c1-23(32-38-41-14-10-13-29(41)34(43)42(32)26-11-8-7-9-12-26)37-31-30-28(20-40(33(30)36-21-35-31)22-48-15-16-52(4,5)6)24-17-25(39-50(2,44)45)19-27(18-24)49-51(3,46)47/h7-14,17-21,23,39H,15-16,22H2,1-6H3,(H,35,36,37)/t23-/m0/s1. The average Bonchev–Trinajstić information content (AvgIpc) is 3.67. The van der Waals surface area contributed by atoms with Crippen LogP contribution < -0.4 is 19.8 Å². The Morgan fingerprint density at radius 2 is 1.71 bits per heavy atom. The topological polar surface area (TPSA) is 181 Å². The first-order valence-electron chi connectivity index (χ1n) is 16.3.